The fourth-order valence-corrected chi connectivity index (χ4v) is 2.78. The average molecular weight is 383 g/mol. The zero-order valence-electron chi connectivity index (χ0n) is 17.0. The van der Waals surface area contributed by atoms with Gasteiger partial charge in [-0.15, -0.1) is 0 Å². The lowest BCUT2D eigenvalue weighted by Crippen LogP contribution is -2.25. The third-order valence-corrected chi connectivity index (χ3v) is 4.04. The van der Waals surface area contributed by atoms with Crippen LogP contribution in [0.5, 0.6) is 0 Å². The van der Waals surface area contributed by atoms with Gasteiger partial charge in [0.15, 0.2) is 0 Å². The molecule has 0 unspecified atom stereocenters. The summed E-state index contributed by atoms with van der Waals surface area (Å²) in [5.74, 6) is -0.453. The van der Waals surface area contributed by atoms with Gasteiger partial charge in [0, 0.05) is 11.1 Å². The van der Waals surface area contributed by atoms with E-state index in [4.69, 9.17) is 9.73 Å². The molecule has 3 aromatic rings. The molecule has 0 bridgehead atoms. The highest BCUT2D eigenvalue weighted by Gasteiger charge is 2.21. The molecule has 3 aromatic carbocycles. The molecule has 0 aromatic heterocycles. The third kappa shape index (κ3) is 6.01. The Morgan fingerprint density at radius 1 is 0.759 bits per heavy atom. The summed E-state index contributed by atoms with van der Waals surface area (Å²) in [6, 6.07) is 29.4. The van der Waals surface area contributed by atoms with Crippen LogP contribution in [-0.4, -0.2) is 17.3 Å². The minimum absolute atomic E-state index is 0.258. The quantitative estimate of drug-likeness (QED) is 0.312. The second kappa shape index (κ2) is 9.16. The molecule has 0 saturated carbocycles. The van der Waals surface area contributed by atoms with E-state index in [1.165, 1.54) is 0 Å². The summed E-state index contributed by atoms with van der Waals surface area (Å²) in [7, 11) is 0. The van der Waals surface area contributed by atoms with Gasteiger partial charge in [-0.25, -0.2) is 9.79 Å². The van der Waals surface area contributed by atoms with Crippen LogP contribution >= 0.6 is 0 Å². The Hall–Kier alpha value is -3.46. The lowest BCUT2D eigenvalue weighted by molar-refractivity contribution is -0.149. The number of carbonyl (C=O) groups excluding carboxylic acids is 1. The Morgan fingerprint density at radius 3 is 1.66 bits per heavy atom. The van der Waals surface area contributed by atoms with Crippen LogP contribution in [0.1, 0.15) is 37.5 Å². The van der Waals surface area contributed by atoms with Gasteiger partial charge in [0.05, 0.1) is 5.71 Å². The summed E-state index contributed by atoms with van der Waals surface area (Å²) >= 11 is 0. The van der Waals surface area contributed by atoms with Crippen molar-refractivity contribution in [2.45, 2.75) is 26.4 Å². The van der Waals surface area contributed by atoms with Crippen LogP contribution in [0.3, 0.4) is 0 Å². The van der Waals surface area contributed by atoms with Gasteiger partial charge in [-0.3, -0.25) is 0 Å². The molecule has 0 saturated heterocycles. The van der Waals surface area contributed by atoms with E-state index in [2.05, 4.69) is 0 Å². The van der Waals surface area contributed by atoms with Gasteiger partial charge >= 0.3 is 5.97 Å². The molecule has 0 N–H and O–H groups in total. The minimum Gasteiger partial charge on any atom is -0.455 e. The van der Waals surface area contributed by atoms with E-state index in [-0.39, 0.29) is 5.70 Å². The molecule has 0 radical (unpaired) electrons. The Labute approximate surface area is 172 Å². The zero-order chi connectivity index (χ0) is 20.7. The van der Waals surface area contributed by atoms with Crippen LogP contribution in [0.4, 0.5) is 0 Å². The first kappa shape index (κ1) is 20.3. The second-order valence-corrected chi connectivity index (χ2v) is 7.63. The van der Waals surface area contributed by atoms with Crippen LogP contribution in [-0.2, 0) is 9.53 Å². The lowest BCUT2D eigenvalue weighted by Gasteiger charge is -2.20. The first-order valence-electron chi connectivity index (χ1n) is 9.62. The maximum absolute atomic E-state index is 13.0. The first-order chi connectivity index (χ1) is 13.9. The zero-order valence-corrected chi connectivity index (χ0v) is 17.0. The predicted octanol–water partition coefficient (Wildman–Crippen LogP) is 5.91. The number of hydrogen-bond acceptors (Lipinski definition) is 3. The van der Waals surface area contributed by atoms with Crippen molar-refractivity contribution in [2.24, 2.45) is 4.99 Å². The highest BCUT2D eigenvalue weighted by atomic mass is 16.6. The van der Waals surface area contributed by atoms with E-state index in [0.717, 1.165) is 22.4 Å². The van der Waals surface area contributed by atoms with Crippen LogP contribution in [0.2, 0.25) is 0 Å². The molecule has 0 aliphatic carbocycles. The van der Waals surface area contributed by atoms with Gasteiger partial charge in [0.2, 0.25) is 0 Å². The molecule has 0 amide bonds. The molecule has 29 heavy (non-hydrogen) atoms. The SMILES string of the molecule is CC(C)(C)OC(=O)/C(=C\c1ccccc1)N=C(c1ccccc1)c1ccccc1. The maximum Gasteiger partial charge on any atom is 0.357 e. The van der Waals surface area contributed by atoms with Crippen molar-refractivity contribution in [3.8, 4) is 0 Å². The van der Waals surface area contributed by atoms with Gasteiger partial charge in [0.25, 0.3) is 0 Å². The highest BCUT2D eigenvalue weighted by molar-refractivity contribution is 6.15. The molecular formula is C26H25NO2. The van der Waals surface area contributed by atoms with Gasteiger partial charge < -0.3 is 4.74 Å². The van der Waals surface area contributed by atoms with Crippen LogP contribution in [0.25, 0.3) is 6.08 Å². The van der Waals surface area contributed by atoms with E-state index in [9.17, 15) is 4.79 Å². The van der Waals surface area contributed by atoms with Crippen molar-refractivity contribution in [2.75, 3.05) is 0 Å². The fraction of sp³-hybridized carbons (Fsp3) is 0.154. The second-order valence-electron chi connectivity index (χ2n) is 7.63. The van der Waals surface area contributed by atoms with Crippen molar-refractivity contribution >= 4 is 17.8 Å². The summed E-state index contributed by atoms with van der Waals surface area (Å²) in [4.78, 5) is 17.8. The number of benzene rings is 3. The highest BCUT2D eigenvalue weighted by Crippen LogP contribution is 2.19. The van der Waals surface area contributed by atoms with E-state index in [1.54, 1.807) is 6.08 Å². The summed E-state index contributed by atoms with van der Waals surface area (Å²) < 4.78 is 5.63. The Bertz CT molecular complexity index is 957. The van der Waals surface area contributed by atoms with Gasteiger partial charge in [0.1, 0.15) is 11.3 Å². The standard InChI is InChI=1S/C26H25NO2/c1-26(2,3)29-25(28)23(19-20-13-7-4-8-14-20)27-24(21-15-9-5-10-16-21)22-17-11-6-12-18-22/h4-19H,1-3H3/b23-19+. The molecule has 3 heteroatoms. The van der Waals surface area contributed by atoms with E-state index in [0.29, 0.717) is 0 Å². The summed E-state index contributed by atoms with van der Waals surface area (Å²) in [5.41, 5.74) is 3.12. The Kier molecular flexibility index (Phi) is 6.40. The maximum atomic E-state index is 13.0. The van der Waals surface area contributed by atoms with Crippen molar-refractivity contribution in [3.63, 3.8) is 0 Å². The van der Waals surface area contributed by atoms with Crippen molar-refractivity contribution in [1.29, 1.82) is 0 Å². The number of ether oxygens (including phenoxy) is 1. The van der Waals surface area contributed by atoms with Crippen LogP contribution < -0.4 is 0 Å². The Balaban J connectivity index is 2.14. The molecule has 0 aliphatic heterocycles. The summed E-state index contributed by atoms with van der Waals surface area (Å²) in [5, 5.41) is 0. The van der Waals surface area contributed by atoms with E-state index >= 15 is 0 Å². The molecule has 0 aliphatic rings. The molecular weight excluding hydrogens is 358 g/mol. The topological polar surface area (TPSA) is 38.7 Å². The molecule has 0 atom stereocenters. The van der Waals surface area contributed by atoms with Gasteiger partial charge in [-0.2, -0.15) is 0 Å². The molecule has 0 heterocycles. The lowest BCUT2D eigenvalue weighted by atomic mass is 10.0. The summed E-state index contributed by atoms with van der Waals surface area (Å²) in [6.45, 7) is 5.55. The predicted molar refractivity (Wildman–Crippen MR) is 119 cm³/mol. The monoisotopic (exact) mass is 383 g/mol. The average Bonchev–Trinajstić information content (AvgIpc) is 2.72. The molecule has 146 valence electrons. The largest absolute Gasteiger partial charge is 0.455 e. The van der Waals surface area contributed by atoms with Gasteiger partial charge in [-0.1, -0.05) is 91.0 Å². The van der Waals surface area contributed by atoms with Crippen molar-refractivity contribution in [1.82, 2.24) is 0 Å². The molecule has 0 fully saturated rings. The fourth-order valence-electron chi connectivity index (χ4n) is 2.78. The molecule has 3 rings (SSSR count). The minimum atomic E-state index is -0.609. The number of hydrogen-bond donors (Lipinski definition) is 0. The number of carbonyl (C=O) groups is 1. The smallest absolute Gasteiger partial charge is 0.357 e. The van der Waals surface area contributed by atoms with Crippen LogP contribution in [0.15, 0.2) is 102 Å². The van der Waals surface area contributed by atoms with Crippen LogP contribution in [0, 0.1) is 0 Å². The number of esters is 1. The molecule has 3 nitrogen and oxygen atoms in total. The van der Waals surface area contributed by atoms with Gasteiger partial charge in [-0.05, 0) is 32.4 Å². The van der Waals surface area contributed by atoms with Crippen molar-refractivity contribution in [3.05, 3.63) is 113 Å². The number of rotatable bonds is 5. The van der Waals surface area contributed by atoms with Crippen molar-refractivity contribution < 1.29 is 9.53 Å². The molecule has 0 spiro atoms. The van der Waals surface area contributed by atoms with E-state index < -0.39 is 11.6 Å². The normalized spacial score (nSPS) is 11.6. The third-order valence-electron chi connectivity index (χ3n) is 4.04. The Morgan fingerprint density at radius 2 is 1.21 bits per heavy atom. The number of aliphatic imine (C=N–C) groups is 1. The summed E-state index contributed by atoms with van der Waals surface area (Å²) in [6.07, 6.45) is 1.76. The number of nitrogens with zero attached hydrogens (tertiary/aromatic N) is 1. The first-order valence-corrected chi connectivity index (χ1v) is 9.62. The van der Waals surface area contributed by atoms with E-state index in [1.807, 2.05) is 112 Å².